The average molecular weight is 1510 g/mol. The van der Waals surface area contributed by atoms with Gasteiger partial charge in [-0.15, -0.1) is 26.9 Å². The van der Waals surface area contributed by atoms with E-state index in [4.69, 9.17) is 0 Å². The van der Waals surface area contributed by atoms with Gasteiger partial charge in [0.2, 0.25) is 0 Å². The van der Waals surface area contributed by atoms with E-state index in [9.17, 15) is 33.3 Å². The average Bonchev–Trinajstić information content (AvgIpc) is 0.752. The van der Waals surface area contributed by atoms with Crippen LogP contribution in [0.2, 0.25) is 12.6 Å². The van der Waals surface area contributed by atoms with Crippen molar-refractivity contribution in [3.8, 4) is 0 Å². The Balaban J connectivity index is -0.00000126. The maximum atomic E-state index is 14.2. The number of halogens is 3. The number of nitrogens with zero attached hydrogens (tertiary/aromatic N) is 4. The van der Waals surface area contributed by atoms with E-state index in [-0.39, 0.29) is 6.32 Å². The first-order chi connectivity index (χ1) is 51.7. The molecule has 0 bridgehead atoms. The van der Waals surface area contributed by atoms with Crippen LogP contribution >= 0.6 is 0 Å². The van der Waals surface area contributed by atoms with Gasteiger partial charge in [-0.3, -0.25) is 0 Å². The fraction of sp³-hybridized carbons (Fsp3) is 0.809. The van der Waals surface area contributed by atoms with Crippen LogP contribution in [0.15, 0.2) is 72.8 Å². The summed E-state index contributed by atoms with van der Waals surface area (Å²) in [6.45, 7) is 62.2. The van der Waals surface area contributed by atoms with Crippen LogP contribution in [-0.4, -0.2) is 137 Å². The first-order valence-electron chi connectivity index (χ1n) is 46.0. The van der Waals surface area contributed by atoms with Crippen LogP contribution in [0.5, 0.6) is 0 Å². The zero-order valence-corrected chi connectivity index (χ0v) is 74.2. The highest BCUT2D eigenvalue weighted by molar-refractivity contribution is 6.37. The second kappa shape index (κ2) is 73.4. The molecule has 0 amide bonds. The topological polar surface area (TPSA) is 92.2 Å². The molecule has 0 spiro atoms. The number of quaternary nitrogens is 4. The lowest BCUT2D eigenvalue weighted by Gasteiger charge is -2.39. The molecule has 107 heavy (non-hydrogen) atoms. The zero-order chi connectivity index (χ0) is 80.6. The summed E-state index contributed by atoms with van der Waals surface area (Å²) in [5.41, 5.74) is 0.776. The van der Waals surface area contributed by atoms with Crippen LogP contribution in [0.4, 0.5) is 13.2 Å². The predicted octanol–water partition coefficient (Wildman–Crippen LogP) is 24.0. The van der Waals surface area contributed by atoms with Crippen LogP contribution in [0.25, 0.3) is 0 Å². The van der Waals surface area contributed by atoms with E-state index >= 15 is 0 Å². The van der Waals surface area contributed by atoms with Crippen LogP contribution in [-0.2, 0) is 5.41 Å². The van der Waals surface area contributed by atoms with Gasteiger partial charge >= 0.3 is 0 Å². The van der Waals surface area contributed by atoms with E-state index in [1.807, 2.05) is 0 Å². The van der Waals surface area contributed by atoms with Crippen LogP contribution < -0.4 is 20.1 Å². The molecule has 3 rings (SSSR count). The highest BCUT2D eigenvalue weighted by atomic mass is 19.1. The summed E-state index contributed by atoms with van der Waals surface area (Å²) in [5, 5.41) is 41.4. The molecule has 3 aromatic carbocycles. The number of hydrogen-bond acceptors (Lipinski definition) is 4. The van der Waals surface area contributed by atoms with Gasteiger partial charge in [0.15, 0.2) is 0 Å². The highest BCUT2D eigenvalue weighted by Crippen LogP contribution is 2.44. The molecule has 0 aliphatic heterocycles. The minimum absolute atomic E-state index is 0.0346. The van der Waals surface area contributed by atoms with Gasteiger partial charge in [0.05, 0.1) is 105 Å². The Morgan fingerprint density at radius 3 is 0.551 bits per heavy atom. The predicted molar refractivity (Wildman–Crippen MR) is 460 cm³/mol. The van der Waals surface area contributed by atoms with Crippen molar-refractivity contribution in [2.75, 3.05) is 105 Å². The molecular weight excluding hydrogens is 1330 g/mol. The first kappa shape index (κ1) is 108. The molecule has 0 heterocycles. The third kappa shape index (κ3) is 53.8. The van der Waals surface area contributed by atoms with Gasteiger partial charge in [-0.2, -0.15) is 0 Å². The lowest BCUT2D eigenvalue weighted by molar-refractivity contribution is -0.929. The monoisotopic (exact) mass is 1510 g/mol. The Kier molecular flexibility index (Phi) is 74.4. The van der Waals surface area contributed by atoms with Crippen molar-refractivity contribution in [1.29, 1.82) is 0 Å². The van der Waals surface area contributed by atoms with Crippen molar-refractivity contribution in [1.82, 2.24) is 0 Å². The molecule has 626 valence electrons. The van der Waals surface area contributed by atoms with Crippen LogP contribution in [0, 0.1) is 17.5 Å². The third-order valence-electron chi connectivity index (χ3n) is 22.5. The number of hydrogen-bond donors (Lipinski definition) is 0. The van der Waals surface area contributed by atoms with Crippen molar-refractivity contribution >= 4 is 14.2 Å². The summed E-state index contributed by atoms with van der Waals surface area (Å²) >= 11 is 0. The number of unbranched alkanes of at least 4 members (excludes halogenated alkanes) is 21. The fourth-order valence-corrected chi connectivity index (χ4v) is 15.4. The summed E-state index contributed by atoms with van der Waals surface area (Å²) in [6, 6.07) is 18.2. The molecule has 0 N–H and O–H groups in total. The van der Waals surface area contributed by atoms with Crippen molar-refractivity contribution < 1.29 is 51.2 Å². The Morgan fingerprint density at radius 2 is 0.402 bits per heavy atom. The molecule has 0 aromatic heterocycles. The molecule has 0 unspecified atom stereocenters. The van der Waals surface area contributed by atoms with Gasteiger partial charge < -0.3 is 38.0 Å². The lowest BCUT2D eigenvalue weighted by Crippen LogP contribution is -2.50. The molecule has 0 radical (unpaired) electrons. The summed E-state index contributed by atoms with van der Waals surface area (Å²) < 4.78 is 48.3. The van der Waals surface area contributed by atoms with Gasteiger partial charge in [0.1, 0.15) is 17.5 Å². The smallest absolute Gasteiger partial charge is 0.123 e. The van der Waals surface area contributed by atoms with E-state index in [0.717, 1.165) is 25.7 Å². The molecule has 0 atom stereocenters. The molecule has 3 aromatic rings. The van der Waals surface area contributed by atoms with Crippen LogP contribution in [0.3, 0.4) is 0 Å². The molecule has 0 aliphatic carbocycles. The fourth-order valence-electron chi connectivity index (χ4n) is 15.4. The molecule has 0 saturated heterocycles. The highest BCUT2D eigenvalue weighted by Gasteiger charge is 2.37. The summed E-state index contributed by atoms with van der Waals surface area (Å²) in [5.74, 6) is -1.32. The largest absolute Gasteiger partial charge is 0.893 e. The van der Waals surface area contributed by atoms with E-state index in [2.05, 4.69) is 118 Å². The SMILES string of the molecule is CCCCCCB([O-])[O-].CCCC[N+](CCCC)(CCCC)CCCC.CCCC[N+](CCCC)(CCCC)CCCC.CCCC[N+](CCCC)(CCCC)CCCC.CCCC[N+](CCCC)(CCCC)CCCC.[O-]B([O-])CCCCCC(c1cccc(F)c1)(c1cccc(F)c1)c1cccc(F)c1. The number of benzene rings is 3. The molecule has 0 fully saturated rings. The lowest BCUT2D eigenvalue weighted by atomic mass is 9.66. The standard InChI is InChI=1S/C24H22BF3O2.4C16H36N.C6H13BO2/c26-21-10-4-7-18(15-21)24(13-2-1-3-14-25(29)30,19-8-5-11-22(27)16-19)20-9-6-12-23(28)17-20;4*1-5-9-13-17(14-10-6-2,15-11-7-3)16-12-8-4;1-2-3-4-5-6-7(8)9/h4-12,15-17H,1-3,13-14H2;4*5-16H2,1-4H3;2-6H2,1H3/q-2;4*+1;-2. The maximum Gasteiger partial charge on any atom is 0.123 e. The van der Waals surface area contributed by atoms with Crippen molar-refractivity contribution in [3.05, 3.63) is 107 Å². The minimum Gasteiger partial charge on any atom is -0.893 e. The Hall–Kier alpha value is -2.74. The molecule has 8 nitrogen and oxygen atoms in total. The molecule has 0 aliphatic rings. The van der Waals surface area contributed by atoms with Crippen LogP contribution in [0.1, 0.15) is 391 Å². The Labute approximate surface area is 666 Å². The Morgan fingerprint density at radius 1 is 0.234 bits per heavy atom. The second-order valence-electron chi connectivity index (χ2n) is 32.3. The van der Waals surface area contributed by atoms with Crippen molar-refractivity contribution in [2.24, 2.45) is 0 Å². The number of rotatable bonds is 62. The van der Waals surface area contributed by atoms with Crippen molar-refractivity contribution in [2.45, 2.75) is 393 Å². The molecular formula is C94H179B2F3N4O4. The maximum absolute atomic E-state index is 14.2. The zero-order valence-electron chi connectivity index (χ0n) is 74.2. The van der Waals surface area contributed by atoms with E-state index in [0.29, 0.717) is 48.7 Å². The minimum atomic E-state index is -1.86. The molecule has 13 heteroatoms. The third-order valence-corrected chi connectivity index (χ3v) is 22.5. The van der Waals surface area contributed by atoms with Gasteiger partial charge in [0.25, 0.3) is 0 Å². The summed E-state index contributed by atoms with van der Waals surface area (Å²) in [7, 11) is -3.45. The second-order valence-corrected chi connectivity index (χ2v) is 32.3. The summed E-state index contributed by atoms with van der Waals surface area (Å²) in [6.07, 6.45) is 50.9. The van der Waals surface area contributed by atoms with E-state index < -0.39 is 37.1 Å². The van der Waals surface area contributed by atoms with Gasteiger partial charge in [-0.1, -0.05) is 302 Å². The molecule has 0 saturated carbocycles. The normalized spacial score (nSPS) is 11.7. The van der Waals surface area contributed by atoms with E-state index in [1.165, 1.54) is 365 Å². The van der Waals surface area contributed by atoms with Crippen molar-refractivity contribution in [3.63, 3.8) is 0 Å². The van der Waals surface area contributed by atoms with E-state index in [1.54, 1.807) is 36.4 Å². The first-order valence-corrected chi connectivity index (χ1v) is 46.0. The van der Waals surface area contributed by atoms with Gasteiger partial charge in [-0.05, 0) is 162 Å². The van der Waals surface area contributed by atoms with Gasteiger partial charge in [0, 0.05) is 5.41 Å². The Bertz CT molecular complexity index is 1940. The quantitative estimate of drug-likeness (QED) is 0.0244. The summed E-state index contributed by atoms with van der Waals surface area (Å²) in [4.78, 5) is 0. The van der Waals surface area contributed by atoms with Gasteiger partial charge in [-0.25, -0.2) is 13.2 Å².